The van der Waals surface area contributed by atoms with Gasteiger partial charge in [-0.15, -0.1) is 11.3 Å². The van der Waals surface area contributed by atoms with Crippen LogP contribution >= 0.6 is 11.3 Å². The summed E-state index contributed by atoms with van der Waals surface area (Å²) < 4.78 is 1.13. The number of rotatable bonds is 1. The maximum absolute atomic E-state index is 12.4. The molecule has 3 rings (SSSR count). The summed E-state index contributed by atoms with van der Waals surface area (Å²) in [7, 11) is 0. The lowest BCUT2D eigenvalue weighted by molar-refractivity contribution is 0.0729. The molecule has 0 unspecified atom stereocenters. The molecule has 0 radical (unpaired) electrons. The Morgan fingerprint density at radius 2 is 1.94 bits per heavy atom. The minimum absolute atomic E-state index is 0.175. The molecule has 2 aromatic rings. The fourth-order valence-corrected chi connectivity index (χ4v) is 3.43. The summed E-state index contributed by atoms with van der Waals surface area (Å²) in [5, 5.41) is 1.07. The predicted molar refractivity (Wildman–Crippen MR) is 76.0 cm³/mol. The summed E-state index contributed by atoms with van der Waals surface area (Å²) in [6.07, 6.45) is 3.50. The molecule has 1 aliphatic heterocycles. The second kappa shape index (κ2) is 4.61. The van der Waals surface area contributed by atoms with Crippen molar-refractivity contribution in [2.75, 3.05) is 18.8 Å². The molecule has 2 N–H and O–H groups in total. The van der Waals surface area contributed by atoms with Crippen molar-refractivity contribution >= 4 is 33.0 Å². The fourth-order valence-electron chi connectivity index (χ4n) is 2.42. The van der Waals surface area contributed by atoms with Gasteiger partial charge < -0.3 is 10.6 Å². The molecular formula is C14H16N2OS. The zero-order valence-corrected chi connectivity index (χ0v) is 11.0. The van der Waals surface area contributed by atoms with Gasteiger partial charge >= 0.3 is 0 Å². The van der Waals surface area contributed by atoms with E-state index in [1.54, 1.807) is 11.3 Å². The third-order valence-electron chi connectivity index (χ3n) is 3.39. The lowest BCUT2D eigenvalue weighted by Crippen LogP contribution is -2.35. The highest BCUT2D eigenvalue weighted by Gasteiger charge is 2.19. The number of hydrogen-bond donors (Lipinski definition) is 1. The average Bonchev–Trinajstić information content (AvgIpc) is 2.81. The van der Waals surface area contributed by atoms with Crippen molar-refractivity contribution in [3.8, 4) is 0 Å². The zero-order valence-electron chi connectivity index (χ0n) is 10.2. The Labute approximate surface area is 110 Å². The molecule has 0 bridgehead atoms. The number of nitrogens with zero attached hydrogens (tertiary/aromatic N) is 1. The van der Waals surface area contributed by atoms with Crippen LogP contribution in [0, 0.1) is 0 Å². The van der Waals surface area contributed by atoms with E-state index in [4.69, 9.17) is 5.73 Å². The van der Waals surface area contributed by atoms with Crippen LogP contribution in [-0.2, 0) is 0 Å². The Morgan fingerprint density at radius 3 is 2.72 bits per heavy atom. The van der Waals surface area contributed by atoms with Crippen molar-refractivity contribution in [2.24, 2.45) is 0 Å². The third-order valence-corrected chi connectivity index (χ3v) is 4.50. The van der Waals surface area contributed by atoms with E-state index in [2.05, 4.69) is 0 Å². The second-order valence-electron chi connectivity index (χ2n) is 4.76. The molecule has 0 atom stereocenters. The Balaban J connectivity index is 1.91. The Morgan fingerprint density at radius 1 is 1.17 bits per heavy atom. The van der Waals surface area contributed by atoms with Crippen LogP contribution in [0.15, 0.2) is 24.3 Å². The molecular weight excluding hydrogens is 244 g/mol. The molecule has 1 saturated heterocycles. The first kappa shape index (κ1) is 11.5. The fraction of sp³-hybridized carbons (Fsp3) is 0.357. The van der Waals surface area contributed by atoms with Crippen molar-refractivity contribution in [3.63, 3.8) is 0 Å². The molecule has 3 nitrogen and oxygen atoms in total. The minimum Gasteiger partial charge on any atom is -0.399 e. The number of carbonyl (C=O) groups is 1. The molecule has 1 aliphatic rings. The number of nitrogens with two attached hydrogens (primary N) is 1. The smallest absolute Gasteiger partial charge is 0.263 e. The molecule has 18 heavy (non-hydrogen) atoms. The van der Waals surface area contributed by atoms with Gasteiger partial charge in [0.1, 0.15) is 0 Å². The molecule has 2 heterocycles. The van der Waals surface area contributed by atoms with Crippen LogP contribution in [0.1, 0.15) is 28.9 Å². The van der Waals surface area contributed by atoms with Gasteiger partial charge in [0, 0.05) is 23.5 Å². The topological polar surface area (TPSA) is 46.3 Å². The number of carbonyl (C=O) groups excluding carboxylic acids is 1. The zero-order chi connectivity index (χ0) is 12.5. The lowest BCUT2D eigenvalue weighted by Gasteiger charge is -2.26. The standard InChI is InChI=1S/C14H16N2OS/c15-11-4-5-12-10(8-11)9-13(18-12)14(17)16-6-2-1-3-7-16/h4-5,8-9H,1-3,6-7,15H2. The Hall–Kier alpha value is -1.55. The van der Waals surface area contributed by atoms with Crippen LogP contribution in [-0.4, -0.2) is 23.9 Å². The summed E-state index contributed by atoms with van der Waals surface area (Å²) in [5.74, 6) is 0.175. The molecule has 0 saturated carbocycles. The Bertz CT molecular complexity index is 584. The van der Waals surface area contributed by atoms with E-state index in [-0.39, 0.29) is 5.91 Å². The molecule has 1 amide bonds. The number of thiophene rings is 1. The number of likely N-dealkylation sites (tertiary alicyclic amines) is 1. The van der Waals surface area contributed by atoms with Crippen LogP contribution in [0.4, 0.5) is 5.69 Å². The lowest BCUT2D eigenvalue weighted by atomic mass is 10.1. The first-order chi connectivity index (χ1) is 8.74. The number of hydrogen-bond acceptors (Lipinski definition) is 3. The minimum atomic E-state index is 0.175. The van der Waals surface area contributed by atoms with E-state index in [0.717, 1.165) is 46.6 Å². The summed E-state index contributed by atoms with van der Waals surface area (Å²) >= 11 is 1.56. The van der Waals surface area contributed by atoms with Gasteiger partial charge in [-0.2, -0.15) is 0 Å². The monoisotopic (exact) mass is 260 g/mol. The van der Waals surface area contributed by atoms with Gasteiger partial charge in [0.05, 0.1) is 4.88 Å². The highest BCUT2D eigenvalue weighted by molar-refractivity contribution is 7.20. The summed E-state index contributed by atoms with van der Waals surface area (Å²) in [4.78, 5) is 15.2. The molecule has 1 aromatic carbocycles. The summed E-state index contributed by atoms with van der Waals surface area (Å²) in [5.41, 5.74) is 6.51. The first-order valence-corrected chi connectivity index (χ1v) is 7.14. The van der Waals surface area contributed by atoms with Crippen molar-refractivity contribution < 1.29 is 4.79 Å². The van der Waals surface area contributed by atoms with Crippen molar-refractivity contribution in [1.29, 1.82) is 0 Å². The summed E-state index contributed by atoms with van der Waals surface area (Å²) in [6, 6.07) is 7.77. The van der Waals surface area contributed by atoms with Gasteiger partial charge in [0.2, 0.25) is 0 Å². The van der Waals surface area contributed by atoms with Crippen LogP contribution in [0.2, 0.25) is 0 Å². The number of benzene rings is 1. The molecule has 1 fully saturated rings. The third kappa shape index (κ3) is 2.08. The van der Waals surface area contributed by atoms with Crippen molar-refractivity contribution in [3.05, 3.63) is 29.1 Å². The number of amides is 1. The van der Waals surface area contributed by atoms with Crippen LogP contribution in [0.25, 0.3) is 10.1 Å². The van der Waals surface area contributed by atoms with E-state index >= 15 is 0 Å². The van der Waals surface area contributed by atoms with E-state index in [9.17, 15) is 4.79 Å². The maximum Gasteiger partial charge on any atom is 0.263 e. The molecule has 4 heteroatoms. The van der Waals surface area contributed by atoms with Crippen LogP contribution in [0.5, 0.6) is 0 Å². The normalized spacial score (nSPS) is 16.1. The van der Waals surface area contributed by atoms with Crippen molar-refractivity contribution in [1.82, 2.24) is 4.90 Å². The first-order valence-electron chi connectivity index (χ1n) is 6.32. The SMILES string of the molecule is Nc1ccc2sc(C(=O)N3CCCCC3)cc2c1. The van der Waals surface area contributed by atoms with E-state index in [1.165, 1.54) is 6.42 Å². The van der Waals surface area contributed by atoms with Crippen molar-refractivity contribution in [2.45, 2.75) is 19.3 Å². The predicted octanol–water partition coefficient (Wildman–Crippen LogP) is 3.11. The number of piperidine rings is 1. The second-order valence-corrected chi connectivity index (χ2v) is 5.84. The molecule has 94 valence electrons. The maximum atomic E-state index is 12.4. The molecule has 1 aromatic heterocycles. The molecule has 0 aliphatic carbocycles. The number of nitrogen functional groups attached to an aromatic ring is 1. The Kier molecular flexibility index (Phi) is 2.96. The molecule has 0 spiro atoms. The van der Waals surface area contributed by atoms with Gasteiger partial charge in [0.25, 0.3) is 5.91 Å². The van der Waals surface area contributed by atoms with E-state index < -0.39 is 0 Å². The van der Waals surface area contributed by atoms with Gasteiger partial charge in [-0.25, -0.2) is 0 Å². The highest BCUT2D eigenvalue weighted by atomic mass is 32.1. The van der Waals surface area contributed by atoms with Crippen LogP contribution in [0.3, 0.4) is 0 Å². The van der Waals surface area contributed by atoms with Crippen LogP contribution < -0.4 is 5.73 Å². The van der Waals surface area contributed by atoms with Gasteiger partial charge in [0.15, 0.2) is 0 Å². The van der Waals surface area contributed by atoms with Gasteiger partial charge in [-0.1, -0.05) is 0 Å². The van der Waals surface area contributed by atoms with Gasteiger partial charge in [-0.05, 0) is 48.9 Å². The number of fused-ring (bicyclic) bond motifs is 1. The quantitative estimate of drug-likeness (QED) is 0.801. The highest BCUT2D eigenvalue weighted by Crippen LogP contribution is 2.28. The van der Waals surface area contributed by atoms with Gasteiger partial charge in [-0.3, -0.25) is 4.79 Å². The van der Waals surface area contributed by atoms with E-state index in [0.29, 0.717) is 0 Å². The van der Waals surface area contributed by atoms with E-state index in [1.807, 2.05) is 29.2 Å². The average molecular weight is 260 g/mol. The number of anilines is 1. The largest absolute Gasteiger partial charge is 0.399 e. The summed E-state index contributed by atoms with van der Waals surface area (Å²) in [6.45, 7) is 1.80.